The summed E-state index contributed by atoms with van der Waals surface area (Å²) < 4.78 is 52.0. The van der Waals surface area contributed by atoms with Crippen molar-refractivity contribution in [1.29, 1.82) is 0 Å². The van der Waals surface area contributed by atoms with Crippen LogP contribution in [0, 0.1) is 12.7 Å². The zero-order chi connectivity index (χ0) is 15.8. The average Bonchev–Trinajstić information content (AvgIpc) is 2.67. The molecule has 0 fully saturated rings. The molecule has 0 saturated carbocycles. The van der Waals surface area contributed by atoms with Crippen molar-refractivity contribution in [2.75, 3.05) is 0 Å². The van der Waals surface area contributed by atoms with Gasteiger partial charge < -0.3 is 4.57 Å². The number of benzene rings is 1. The Balaban J connectivity index is 2.39. The highest BCUT2D eigenvalue weighted by Gasteiger charge is 2.26. The van der Waals surface area contributed by atoms with E-state index in [-0.39, 0.29) is 13.0 Å². The van der Waals surface area contributed by atoms with Crippen LogP contribution in [-0.2, 0) is 6.54 Å². The number of hydrogen-bond donors (Lipinski definition) is 0. The van der Waals surface area contributed by atoms with Crippen molar-refractivity contribution >= 4 is 22.6 Å². The predicted octanol–water partition coefficient (Wildman–Crippen LogP) is 5.13. The third kappa shape index (κ3) is 3.67. The van der Waals surface area contributed by atoms with Crippen molar-refractivity contribution in [2.24, 2.45) is 0 Å². The van der Waals surface area contributed by atoms with Crippen molar-refractivity contribution in [3.63, 3.8) is 0 Å². The average molecular weight is 323 g/mol. The Morgan fingerprint density at radius 1 is 1.33 bits per heavy atom. The van der Waals surface area contributed by atoms with Gasteiger partial charge >= 0.3 is 6.18 Å². The number of nitrogens with zero attached hydrogens (tertiary/aromatic N) is 2. The van der Waals surface area contributed by atoms with Gasteiger partial charge in [-0.2, -0.15) is 13.2 Å². The summed E-state index contributed by atoms with van der Waals surface area (Å²) in [4.78, 5) is 4.24. The second-order valence-corrected chi connectivity index (χ2v) is 5.70. The van der Waals surface area contributed by atoms with Crippen LogP contribution in [0.4, 0.5) is 17.6 Å². The van der Waals surface area contributed by atoms with Crippen LogP contribution in [0.1, 0.15) is 36.5 Å². The van der Waals surface area contributed by atoms with E-state index in [4.69, 9.17) is 11.6 Å². The molecule has 0 radical (unpaired) electrons. The molecule has 0 N–H and O–H groups in total. The Morgan fingerprint density at radius 2 is 2.00 bits per heavy atom. The maximum absolute atomic E-state index is 13.6. The first-order chi connectivity index (χ1) is 9.69. The number of fused-ring (bicyclic) bond motifs is 1. The van der Waals surface area contributed by atoms with Crippen molar-refractivity contribution in [2.45, 2.75) is 44.8 Å². The van der Waals surface area contributed by atoms with E-state index >= 15 is 0 Å². The van der Waals surface area contributed by atoms with E-state index < -0.39 is 23.8 Å². The summed E-state index contributed by atoms with van der Waals surface area (Å²) in [7, 11) is 0. The van der Waals surface area contributed by atoms with Crippen molar-refractivity contribution in [3.8, 4) is 0 Å². The second-order valence-electron chi connectivity index (χ2n) is 5.05. The van der Waals surface area contributed by atoms with E-state index in [0.29, 0.717) is 22.4 Å². The van der Waals surface area contributed by atoms with Gasteiger partial charge in [-0.1, -0.05) is 0 Å². The lowest BCUT2D eigenvalue weighted by atomic mass is 10.2. The molecule has 1 unspecified atom stereocenters. The summed E-state index contributed by atoms with van der Waals surface area (Å²) in [5.41, 5.74) is 1.44. The predicted molar refractivity (Wildman–Crippen MR) is 74.0 cm³/mol. The van der Waals surface area contributed by atoms with Crippen LogP contribution in [0.15, 0.2) is 12.1 Å². The Morgan fingerprint density at radius 3 is 2.57 bits per heavy atom. The molecule has 21 heavy (non-hydrogen) atoms. The third-order valence-electron chi connectivity index (χ3n) is 3.26. The van der Waals surface area contributed by atoms with Crippen LogP contribution in [-0.4, -0.2) is 15.7 Å². The van der Waals surface area contributed by atoms with E-state index in [9.17, 15) is 17.6 Å². The van der Waals surface area contributed by atoms with Gasteiger partial charge in [-0.05, 0) is 31.9 Å². The van der Waals surface area contributed by atoms with E-state index in [2.05, 4.69) is 4.98 Å². The molecule has 2 rings (SSSR count). The van der Waals surface area contributed by atoms with Gasteiger partial charge in [-0.25, -0.2) is 9.37 Å². The number of aryl methyl sites for hydroxylation is 2. The molecule has 0 aliphatic rings. The van der Waals surface area contributed by atoms with E-state index in [1.807, 2.05) is 0 Å². The largest absolute Gasteiger partial charge is 0.389 e. The highest BCUT2D eigenvalue weighted by atomic mass is 35.5. The Labute approximate surface area is 124 Å². The molecule has 1 aromatic carbocycles. The molecule has 2 nitrogen and oxygen atoms in total. The quantitative estimate of drug-likeness (QED) is 0.564. The fourth-order valence-electron chi connectivity index (χ4n) is 2.24. The fourth-order valence-corrected chi connectivity index (χ4v) is 2.41. The first-order valence-corrected chi connectivity index (χ1v) is 7.00. The molecule has 7 heteroatoms. The summed E-state index contributed by atoms with van der Waals surface area (Å²) in [5, 5.41) is -0.466. The summed E-state index contributed by atoms with van der Waals surface area (Å²) in [6.45, 7) is 3.44. The molecule has 1 atom stereocenters. The molecule has 116 valence electrons. The van der Waals surface area contributed by atoms with E-state index in [1.165, 1.54) is 6.07 Å². The number of aromatic nitrogens is 2. The fraction of sp³-hybridized carbons (Fsp3) is 0.500. The third-order valence-corrected chi connectivity index (χ3v) is 3.45. The molecular formula is C14H15ClF4N2. The summed E-state index contributed by atoms with van der Waals surface area (Å²) >= 11 is 6.03. The monoisotopic (exact) mass is 322 g/mol. The van der Waals surface area contributed by atoms with Gasteiger partial charge in [0, 0.05) is 19.0 Å². The van der Waals surface area contributed by atoms with Crippen LogP contribution in [0.3, 0.4) is 0 Å². The Bertz CT molecular complexity index is 646. The Hall–Kier alpha value is -1.30. The maximum atomic E-state index is 13.6. The van der Waals surface area contributed by atoms with Gasteiger partial charge in [0.15, 0.2) is 0 Å². The van der Waals surface area contributed by atoms with Crippen molar-refractivity contribution < 1.29 is 17.6 Å². The normalized spacial score (nSPS) is 13.9. The minimum absolute atomic E-state index is 0.0675. The molecule has 0 bridgehead atoms. The lowest BCUT2D eigenvalue weighted by Crippen LogP contribution is -2.11. The zero-order valence-corrected chi connectivity index (χ0v) is 12.4. The molecular weight excluding hydrogens is 308 g/mol. The molecule has 0 amide bonds. The first-order valence-electron chi connectivity index (χ1n) is 6.56. The van der Waals surface area contributed by atoms with Crippen LogP contribution >= 0.6 is 11.6 Å². The smallest absolute Gasteiger partial charge is 0.327 e. The first kappa shape index (κ1) is 16.1. The topological polar surface area (TPSA) is 17.8 Å². The zero-order valence-electron chi connectivity index (χ0n) is 11.6. The van der Waals surface area contributed by atoms with Gasteiger partial charge in [0.05, 0.1) is 16.4 Å². The van der Waals surface area contributed by atoms with E-state index in [1.54, 1.807) is 24.5 Å². The van der Waals surface area contributed by atoms with Crippen molar-refractivity contribution in [1.82, 2.24) is 9.55 Å². The molecule has 0 aliphatic carbocycles. The molecule has 0 saturated heterocycles. The maximum Gasteiger partial charge on any atom is 0.389 e. The van der Waals surface area contributed by atoms with Crippen molar-refractivity contribution in [3.05, 3.63) is 29.3 Å². The highest BCUT2D eigenvalue weighted by Crippen LogP contribution is 2.28. The summed E-state index contributed by atoms with van der Waals surface area (Å²) in [5.74, 6) is 0.0649. The van der Waals surface area contributed by atoms with E-state index in [0.717, 1.165) is 0 Å². The number of imidazole rings is 1. The van der Waals surface area contributed by atoms with Gasteiger partial charge in [-0.15, -0.1) is 11.6 Å². The minimum atomic E-state index is -4.19. The number of rotatable bonds is 4. The minimum Gasteiger partial charge on any atom is -0.327 e. The number of halogens is 5. The van der Waals surface area contributed by atoms with Gasteiger partial charge in [0.1, 0.15) is 11.6 Å². The second kappa shape index (κ2) is 5.83. The lowest BCUT2D eigenvalue weighted by Gasteiger charge is -2.12. The molecule has 0 spiro atoms. The number of alkyl halides is 4. The standard InChI is InChI=1S/C14H15ClF4N2/c1-8-6-12-11(7-10(8)16)20-13(9(2)15)21(12)5-3-4-14(17,18)19/h6-7,9H,3-5H2,1-2H3. The number of hydrogen-bond acceptors (Lipinski definition) is 1. The summed E-state index contributed by atoms with van der Waals surface area (Å²) in [6.07, 6.45) is -5.13. The van der Waals surface area contributed by atoms with Crippen LogP contribution in [0.25, 0.3) is 11.0 Å². The van der Waals surface area contributed by atoms with Gasteiger partial charge in [-0.3, -0.25) is 0 Å². The SMILES string of the molecule is Cc1cc2c(cc1F)nc(C(C)Cl)n2CCCC(F)(F)F. The molecule has 2 aromatic rings. The van der Waals surface area contributed by atoms with Crippen LogP contribution in [0.5, 0.6) is 0 Å². The molecule has 1 heterocycles. The summed E-state index contributed by atoms with van der Waals surface area (Å²) in [6, 6.07) is 2.88. The molecule has 0 aliphatic heterocycles. The Kier molecular flexibility index (Phi) is 4.46. The highest BCUT2D eigenvalue weighted by molar-refractivity contribution is 6.20. The van der Waals surface area contributed by atoms with Crippen LogP contribution < -0.4 is 0 Å². The van der Waals surface area contributed by atoms with Gasteiger partial charge in [0.25, 0.3) is 0 Å². The van der Waals surface area contributed by atoms with Crippen LogP contribution in [0.2, 0.25) is 0 Å². The lowest BCUT2D eigenvalue weighted by molar-refractivity contribution is -0.135. The molecule has 1 aromatic heterocycles. The van der Waals surface area contributed by atoms with Gasteiger partial charge in [0.2, 0.25) is 0 Å².